The summed E-state index contributed by atoms with van der Waals surface area (Å²) in [5.41, 5.74) is 0.998. The van der Waals surface area contributed by atoms with Gasteiger partial charge in [0.15, 0.2) is 5.82 Å². The number of benzene rings is 1. The van der Waals surface area contributed by atoms with Crippen molar-refractivity contribution < 1.29 is 14.3 Å². The van der Waals surface area contributed by atoms with E-state index in [1.54, 1.807) is 13.0 Å². The van der Waals surface area contributed by atoms with Crippen LogP contribution in [0.5, 0.6) is 0 Å². The van der Waals surface area contributed by atoms with Crippen molar-refractivity contribution in [3.63, 3.8) is 0 Å². The summed E-state index contributed by atoms with van der Waals surface area (Å²) in [6.45, 7) is 1.81. The summed E-state index contributed by atoms with van der Waals surface area (Å²) in [5, 5.41) is 9.00. The maximum Gasteiger partial charge on any atom is 0.339 e. The normalized spacial score (nSPS) is 10.5. The quantitative estimate of drug-likeness (QED) is 0.940. The zero-order valence-corrected chi connectivity index (χ0v) is 11.6. The van der Waals surface area contributed by atoms with Crippen LogP contribution in [0.15, 0.2) is 28.9 Å². The SMILES string of the molecule is CCc1nc(-c2cc(F)cc(Br)c2)ncc1C(=O)O. The number of halogens is 2. The third kappa shape index (κ3) is 2.96. The van der Waals surface area contributed by atoms with Gasteiger partial charge in [-0.05, 0) is 24.6 Å². The van der Waals surface area contributed by atoms with Crippen LogP contribution in [0.3, 0.4) is 0 Å². The molecule has 4 nitrogen and oxygen atoms in total. The van der Waals surface area contributed by atoms with Crippen molar-refractivity contribution in [1.29, 1.82) is 0 Å². The molecule has 0 bridgehead atoms. The first-order valence-corrected chi connectivity index (χ1v) is 6.36. The number of aromatic nitrogens is 2. The van der Waals surface area contributed by atoms with Crippen molar-refractivity contribution >= 4 is 21.9 Å². The van der Waals surface area contributed by atoms with Crippen LogP contribution in [0, 0.1) is 5.82 Å². The number of carboxylic acid groups (broad SMARTS) is 1. The molecule has 0 aliphatic heterocycles. The Labute approximate surface area is 117 Å². The van der Waals surface area contributed by atoms with E-state index in [1.807, 2.05) is 0 Å². The van der Waals surface area contributed by atoms with Crippen LogP contribution < -0.4 is 0 Å². The monoisotopic (exact) mass is 324 g/mol. The predicted octanol–water partition coefficient (Wildman–Crippen LogP) is 3.31. The van der Waals surface area contributed by atoms with E-state index in [-0.39, 0.29) is 5.56 Å². The van der Waals surface area contributed by atoms with Gasteiger partial charge in [-0.25, -0.2) is 19.2 Å². The molecule has 0 amide bonds. The van der Waals surface area contributed by atoms with Gasteiger partial charge in [0.05, 0.1) is 11.3 Å². The highest BCUT2D eigenvalue weighted by molar-refractivity contribution is 9.10. The molecule has 1 heterocycles. The summed E-state index contributed by atoms with van der Waals surface area (Å²) in [6.07, 6.45) is 1.72. The van der Waals surface area contributed by atoms with Crippen molar-refractivity contribution in [3.05, 3.63) is 45.9 Å². The van der Waals surface area contributed by atoms with Crippen LogP contribution in [0.2, 0.25) is 0 Å². The van der Waals surface area contributed by atoms with E-state index in [0.29, 0.717) is 28.0 Å². The van der Waals surface area contributed by atoms with Gasteiger partial charge in [0.1, 0.15) is 5.82 Å². The molecule has 0 unspecified atom stereocenters. The zero-order chi connectivity index (χ0) is 14.0. The van der Waals surface area contributed by atoms with Crippen LogP contribution in [0.4, 0.5) is 4.39 Å². The van der Waals surface area contributed by atoms with Gasteiger partial charge in [-0.15, -0.1) is 0 Å². The van der Waals surface area contributed by atoms with Gasteiger partial charge in [0, 0.05) is 16.2 Å². The fraction of sp³-hybridized carbons (Fsp3) is 0.154. The molecular formula is C13H10BrFN2O2. The van der Waals surface area contributed by atoms with E-state index in [4.69, 9.17) is 5.11 Å². The highest BCUT2D eigenvalue weighted by Crippen LogP contribution is 2.22. The number of nitrogens with zero attached hydrogens (tertiary/aromatic N) is 2. The van der Waals surface area contributed by atoms with Crippen LogP contribution in [0.25, 0.3) is 11.4 Å². The average Bonchev–Trinajstić information content (AvgIpc) is 2.36. The van der Waals surface area contributed by atoms with Crippen molar-refractivity contribution in [1.82, 2.24) is 9.97 Å². The Morgan fingerprint density at radius 1 is 1.42 bits per heavy atom. The maximum absolute atomic E-state index is 13.3. The van der Waals surface area contributed by atoms with Crippen LogP contribution in [0.1, 0.15) is 23.0 Å². The van der Waals surface area contributed by atoms with Gasteiger partial charge < -0.3 is 5.11 Å². The first-order chi connectivity index (χ1) is 9.01. The summed E-state index contributed by atoms with van der Waals surface area (Å²) in [5.74, 6) is -1.17. The van der Waals surface area contributed by atoms with Gasteiger partial charge in [-0.2, -0.15) is 0 Å². The molecule has 0 radical (unpaired) electrons. The molecule has 0 saturated heterocycles. The van der Waals surface area contributed by atoms with Crippen LogP contribution in [-0.2, 0) is 6.42 Å². The number of hydrogen-bond donors (Lipinski definition) is 1. The second-order valence-corrected chi connectivity index (χ2v) is 4.79. The summed E-state index contributed by atoms with van der Waals surface area (Å²) in [4.78, 5) is 19.2. The zero-order valence-electron chi connectivity index (χ0n) is 10.0. The number of rotatable bonds is 3. The maximum atomic E-state index is 13.3. The predicted molar refractivity (Wildman–Crippen MR) is 71.5 cm³/mol. The second kappa shape index (κ2) is 5.44. The summed E-state index contributed by atoms with van der Waals surface area (Å²) in [6, 6.07) is 4.31. The molecule has 2 rings (SSSR count). The molecule has 0 fully saturated rings. The number of aromatic carboxylic acids is 1. The Morgan fingerprint density at radius 2 is 2.16 bits per heavy atom. The number of carboxylic acids is 1. The van der Waals surface area contributed by atoms with E-state index >= 15 is 0 Å². The van der Waals surface area contributed by atoms with Gasteiger partial charge in [-0.3, -0.25) is 0 Å². The lowest BCUT2D eigenvalue weighted by molar-refractivity contribution is 0.0694. The minimum atomic E-state index is -1.07. The van der Waals surface area contributed by atoms with Crippen LogP contribution >= 0.6 is 15.9 Å². The Kier molecular flexibility index (Phi) is 3.90. The molecule has 0 aliphatic carbocycles. The third-order valence-electron chi connectivity index (χ3n) is 2.55. The number of aryl methyl sites for hydroxylation is 1. The molecule has 0 atom stereocenters. The number of hydrogen-bond acceptors (Lipinski definition) is 3. The van der Waals surface area contributed by atoms with Gasteiger partial charge in [0.25, 0.3) is 0 Å². The number of carbonyl (C=O) groups is 1. The second-order valence-electron chi connectivity index (χ2n) is 3.87. The molecule has 6 heteroatoms. The van der Waals surface area contributed by atoms with E-state index < -0.39 is 11.8 Å². The van der Waals surface area contributed by atoms with Gasteiger partial charge in [0.2, 0.25) is 0 Å². The third-order valence-corrected chi connectivity index (χ3v) is 3.01. The molecule has 2 aromatic rings. The Balaban J connectivity index is 2.54. The summed E-state index contributed by atoms with van der Waals surface area (Å²) in [7, 11) is 0. The molecular weight excluding hydrogens is 315 g/mol. The highest BCUT2D eigenvalue weighted by Gasteiger charge is 2.13. The minimum Gasteiger partial charge on any atom is -0.478 e. The highest BCUT2D eigenvalue weighted by atomic mass is 79.9. The first-order valence-electron chi connectivity index (χ1n) is 5.57. The molecule has 1 N–H and O–H groups in total. The van der Waals surface area contributed by atoms with E-state index in [1.165, 1.54) is 18.3 Å². The van der Waals surface area contributed by atoms with Crippen molar-refractivity contribution in [2.45, 2.75) is 13.3 Å². The average molecular weight is 325 g/mol. The smallest absolute Gasteiger partial charge is 0.339 e. The Morgan fingerprint density at radius 3 is 2.74 bits per heavy atom. The summed E-state index contributed by atoms with van der Waals surface area (Å²) < 4.78 is 13.9. The standard InChI is InChI=1S/C13H10BrFN2O2/c1-2-11-10(13(18)19)6-16-12(17-11)7-3-8(14)5-9(15)4-7/h3-6H,2H2,1H3,(H,18,19). The lowest BCUT2D eigenvalue weighted by Crippen LogP contribution is -2.06. The van der Waals surface area contributed by atoms with Gasteiger partial charge in [-0.1, -0.05) is 22.9 Å². The van der Waals surface area contributed by atoms with Gasteiger partial charge >= 0.3 is 5.97 Å². The molecule has 1 aromatic heterocycles. The molecule has 0 aliphatic rings. The fourth-order valence-electron chi connectivity index (χ4n) is 1.69. The minimum absolute atomic E-state index is 0.0710. The largest absolute Gasteiger partial charge is 0.478 e. The van der Waals surface area contributed by atoms with E-state index in [9.17, 15) is 9.18 Å². The van der Waals surface area contributed by atoms with E-state index in [0.717, 1.165) is 0 Å². The molecule has 1 aromatic carbocycles. The molecule has 0 saturated carbocycles. The topological polar surface area (TPSA) is 63.1 Å². The molecule has 98 valence electrons. The summed E-state index contributed by atoms with van der Waals surface area (Å²) >= 11 is 3.19. The molecule has 19 heavy (non-hydrogen) atoms. The molecule has 0 spiro atoms. The fourth-order valence-corrected chi connectivity index (χ4v) is 2.15. The lowest BCUT2D eigenvalue weighted by Gasteiger charge is -2.06. The Hall–Kier alpha value is -1.82. The van der Waals surface area contributed by atoms with Crippen molar-refractivity contribution in [2.24, 2.45) is 0 Å². The van der Waals surface area contributed by atoms with Crippen molar-refractivity contribution in [3.8, 4) is 11.4 Å². The first kappa shape index (κ1) is 13.6. The Bertz CT molecular complexity index is 626. The van der Waals surface area contributed by atoms with Crippen LogP contribution in [-0.4, -0.2) is 21.0 Å². The van der Waals surface area contributed by atoms with E-state index in [2.05, 4.69) is 25.9 Å². The van der Waals surface area contributed by atoms with Crippen molar-refractivity contribution in [2.75, 3.05) is 0 Å². The lowest BCUT2D eigenvalue weighted by atomic mass is 10.1.